The summed E-state index contributed by atoms with van der Waals surface area (Å²) in [6.07, 6.45) is 3.88. The van der Waals surface area contributed by atoms with E-state index in [-0.39, 0.29) is 46.0 Å². The van der Waals surface area contributed by atoms with Crippen LogP contribution in [0.5, 0.6) is 5.75 Å². The highest BCUT2D eigenvalue weighted by Gasteiger charge is 2.56. The molecule has 3 aliphatic carbocycles. The van der Waals surface area contributed by atoms with Crippen molar-refractivity contribution in [2.75, 3.05) is 6.54 Å². The molecule has 1 N–H and O–H groups in total. The lowest BCUT2D eigenvalue weighted by atomic mass is 9.59. The predicted octanol–water partition coefficient (Wildman–Crippen LogP) is 3.48. The topological polar surface area (TPSA) is 91.8 Å². The molecule has 1 aromatic carbocycles. The SMILES string of the molecule is CCN1C(=O)C2CC=C3C(c4cccc(C)c4O)C4=C(CC3C2C1=O)C(=O)C(Br)=CC4=O. The van der Waals surface area contributed by atoms with Crippen molar-refractivity contribution in [3.8, 4) is 5.75 Å². The number of hydrogen-bond donors (Lipinski definition) is 1. The number of amides is 2. The number of Topliss-reactive ketones (excluding diaryl/α,β-unsaturated/α-hetero) is 1. The third kappa shape index (κ3) is 2.76. The Morgan fingerprint density at radius 3 is 2.59 bits per heavy atom. The van der Waals surface area contributed by atoms with E-state index in [1.807, 2.05) is 12.1 Å². The van der Waals surface area contributed by atoms with Gasteiger partial charge in [-0.05, 0) is 54.1 Å². The predicted molar refractivity (Wildman–Crippen MR) is 120 cm³/mol. The Bertz CT molecular complexity index is 1210. The summed E-state index contributed by atoms with van der Waals surface area (Å²) in [7, 11) is 0. The van der Waals surface area contributed by atoms with Gasteiger partial charge in [0.2, 0.25) is 11.8 Å². The number of carbonyl (C=O) groups excluding carboxylic acids is 4. The van der Waals surface area contributed by atoms with Crippen LogP contribution >= 0.6 is 15.9 Å². The molecule has 5 rings (SSSR count). The van der Waals surface area contributed by atoms with E-state index < -0.39 is 17.8 Å². The number of nitrogens with zero attached hydrogens (tertiary/aromatic N) is 1. The number of phenolic OH excluding ortho intramolecular Hbond substituents is 1. The van der Waals surface area contributed by atoms with Crippen LogP contribution in [0.25, 0.3) is 0 Å². The third-order valence-electron chi connectivity index (χ3n) is 7.32. The Balaban J connectivity index is 1.73. The smallest absolute Gasteiger partial charge is 0.233 e. The van der Waals surface area contributed by atoms with Gasteiger partial charge >= 0.3 is 0 Å². The number of fused-ring (bicyclic) bond motifs is 3. The van der Waals surface area contributed by atoms with Crippen LogP contribution in [0.3, 0.4) is 0 Å². The second-order valence-electron chi connectivity index (χ2n) is 8.83. The van der Waals surface area contributed by atoms with Crippen molar-refractivity contribution in [1.29, 1.82) is 0 Å². The van der Waals surface area contributed by atoms with E-state index in [1.165, 1.54) is 11.0 Å². The Morgan fingerprint density at radius 1 is 1.12 bits per heavy atom. The molecule has 0 bridgehead atoms. The molecule has 6 nitrogen and oxygen atoms in total. The zero-order valence-corrected chi connectivity index (χ0v) is 19.3. The molecular formula is C25H22BrNO5. The van der Waals surface area contributed by atoms with Crippen molar-refractivity contribution in [2.45, 2.75) is 32.6 Å². The fourth-order valence-electron chi connectivity index (χ4n) is 5.85. The zero-order chi connectivity index (χ0) is 22.9. The minimum absolute atomic E-state index is 0.0749. The van der Waals surface area contributed by atoms with E-state index in [1.54, 1.807) is 26.0 Å². The van der Waals surface area contributed by atoms with Gasteiger partial charge in [0.15, 0.2) is 11.6 Å². The number of hydrogen-bond acceptors (Lipinski definition) is 5. The van der Waals surface area contributed by atoms with Crippen molar-refractivity contribution < 1.29 is 24.3 Å². The average molecular weight is 496 g/mol. The molecule has 32 heavy (non-hydrogen) atoms. The molecule has 4 aliphatic rings. The molecule has 2 amide bonds. The van der Waals surface area contributed by atoms with Crippen molar-refractivity contribution in [3.63, 3.8) is 0 Å². The van der Waals surface area contributed by atoms with Crippen molar-refractivity contribution >= 4 is 39.3 Å². The third-order valence-corrected chi connectivity index (χ3v) is 7.91. The van der Waals surface area contributed by atoms with Crippen LogP contribution < -0.4 is 0 Å². The molecule has 0 aromatic heterocycles. The highest BCUT2D eigenvalue weighted by Crippen LogP contribution is 2.56. The highest BCUT2D eigenvalue weighted by molar-refractivity contribution is 9.12. The van der Waals surface area contributed by atoms with Gasteiger partial charge in [0.05, 0.1) is 16.3 Å². The van der Waals surface area contributed by atoms with Crippen LogP contribution in [0.2, 0.25) is 0 Å². The summed E-state index contributed by atoms with van der Waals surface area (Å²) in [4.78, 5) is 53.6. The lowest BCUT2D eigenvalue weighted by Crippen LogP contribution is -2.39. The lowest BCUT2D eigenvalue weighted by Gasteiger charge is -2.42. The number of benzene rings is 1. The van der Waals surface area contributed by atoms with Crippen LogP contribution in [0.1, 0.15) is 36.8 Å². The molecule has 1 saturated heterocycles. The molecule has 1 heterocycles. The first-order chi connectivity index (χ1) is 15.3. The normalized spacial score (nSPS) is 29.5. The largest absolute Gasteiger partial charge is 0.507 e. The number of aromatic hydroxyl groups is 1. The van der Waals surface area contributed by atoms with Gasteiger partial charge in [0.25, 0.3) is 0 Å². The van der Waals surface area contributed by atoms with Gasteiger partial charge in [-0.15, -0.1) is 0 Å². The number of halogens is 1. The summed E-state index contributed by atoms with van der Waals surface area (Å²) in [6, 6.07) is 5.35. The fraction of sp³-hybridized carbons (Fsp3) is 0.360. The molecule has 7 heteroatoms. The molecule has 1 aliphatic heterocycles. The van der Waals surface area contributed by atoms with Gasteiger partial charge in [-0.2, -0.15) is 0 Å². The molecule has 0 spiro atoms. The maximum Gasteiger partial charge on any atom is 0.233 e. The number of imide groups is 1. The van der Waals surface area contributed by atoms with Crippen molar-refractivity contribution in [3.05, 3.63) is 62.7 Å². The minimum atomic E-state index is -0.628. The first kappa shape index (κ1) is 21.1. The summed E-state index contributed by atoms with van der Waals surface area (Å²) in [5.41, 5.74) is 2.79. The number of likely N-dealkylation sites (tertiary alicyclic amines) is 1. The number of allylic oxidation sites excluding steroid dienone is 6. The van der Waals surface area contributed by atoms with Gasteiger partial charge < -0.3 is 5.11 Å². The number of carbonyl (C=O) groups is 4. The lowest BCUT2D eigenvalue weighted by molar-refractivity contribution is -0.139. The summed E-state index contributed by atoms with van der Waals surface area (Å²) < 4.78 is 0.192. The monoisotopic (exact) mass is 495 g/mol. The second-order valence-corrected chi connectivity index (χ2v) is 9.68. The Labute approximate surface area is 193 Å². The van der Waals surface area contributed by atoms with Crippen LogP contribution in [0.4, 0.5) is 0 Å². The summed E-state index contributed by atoms with van der Waals surface area (Å²) >= 11 is 3.21. The van der Waals surface area contributed by atoms with Gasteiger partial charge in [0.1, 0.15) is 5.75 Å². The van der Waals surface area contributed by atoms with E-state index in [9.17, 15) is 24.3 Å². The quantitative estimate of drug-likeness (QED) is 0.385. The first-order valence-electron chi connectivity index (χ1n) is 10.8. The molecule has 164 valence electrons. The summed E-state index contributed by atoms with van der Waals surface area (Å²) in [5, 5.41) is 10.9. The standard InChI is InChI=1S/C25H22BrNO5/c1-3-27-24(31)14-8-7-12-15(20(14)25(27)32)9-16-21(18(28)10-17(26)23(16)30)19(12)13-6-4-5-11(2)22(13)29/h4-7,10,14-15,19-20,29H,3,8-9H2,1-2H3. The van der Waals surface area contributed by atoms with E-state index in [0.717, 1.165) is 5.57 Å². The molecule has 1 aromatic rings. The van der Waals surface area contributed by atoms with Crippen LogP contribution in [-0.2, 0) is 19.2 Å². The number of aryl methyl sites for hydroxylation is 1. The molecule has 4 unspecified atom stereocenters. The zero-order valence-electron chi connectivity index (χ0n) is 17.7. The molecule has 1 fully saturated rings. The second kappa shape index (κ2) is 7.37. The van der Waals surface area contributed by atoms with Crippen LogP contribution in [0, 0.1) is 24.7 Å². The van der Waals surface area contributed by atoms with E-state index in [4.69, 9.17) is 0 Å². The van der Waals surface area contributed by atoms with E-state index in [0.29, 0.717) is 35.2 Å². The number of para-hydroxylation sites is 1. The minimum Gasteiger partial charge on any atom is -0.507 e. The van der Waals surface area contributed by atoms with Gasteiger partial charge in [-0.1, -0.05) is 29.8 Å². The van der Waals surface area contributed by atoms with Crippen molar-refractivity contribution in [1.82, 2.24) is 4.90 Å². The fourth-order valence-corrected chi connectivity index (χ4v) is 6.30. The van der Waals surface area contributed by atoms with E-state index in [2.05, 4.69) is 15.9 Å². The highest BCUT2D eigenvalue weighted by atomic mass is 79.9. The van der Waals surface area contributed by atoms with Crippen molar-refractivity contribution in [2.24, 2.45) is 17.8 Å². The van der Waals surface area contributed by atoms with Gasteiger partial charge in [-0.3, -0.25) is 24.1 Å². The van der Waals surface area contributed by atoms with E-state index >= 15 is 0 Å². The molecule has 0 radical (unpaired) electrons. The van der Waals surface area contributed by atoms with Crippen LogP contribution in [-0.4, -0.2) is 39.9 Å². The number of phenols is 1. The Hall–Kier alpha value is -2.80. The van der Waals surface area contributed by atoms with Gasteiger partial charge in [0, 0.05) is 35.2 Å². The molecule has 0 saturated carbocycles. The molecular weight excluding hydrogens is 474 g/mol. The maximum atomic E-state index is 13.2. The number of ketones is 2. The van der Waals surface area contributed by atoms with Crippen LogP contribution in [0.15, 0.2) is 51.6 Å². The first-order valence-corrected chi connectivity index (χ1v) is 11.6. The number of rotatable bonds is 2. The average Bonchev–Trinajstić information content (AvgIpc) is 3.02. The summed E-state index contributed by atoms with van der Waals surface area (Å²) in [5.74, 6) is -2.86. The maximum absolute atomic E-state index is 13.2. The Kier molecular flexibility index (Phi) is 4.85. The van der Waals surface area contributed by atoms with Gasteiger partial charge in [-0.25, -0.2) is 0 Å². The Morgan fingerprint density at radius 2 is 1.88 bits per heavy atom. The summed E-state index contributed by atoms with van der Waals surface area (Å²) in [6.45, 7) is 3.87. The molecule has 4 atom stereocenters.